The molecule has 0 bridgehead atoms. The predicted octanol–water partition coefficient (Wildman–Crippen LogP) is 3.00. The van der Waals surface area contributed by atoms with Crippen LogP contribution in [0.15, 0.2) is 48.5 Å². The SMILES string of the molecule is Cc1ccc2c(c1)N(S(C)(=O)=O)C[C@H](C(=O)N1CCC(Cc3ccccc3)CC1)O2. The smallest absolute Gasteiger partial charge is 0.265 e. The molecule has 2 heterocycles. The normalized spacial score (nSPS) is 19.9. The van der Waals surface area contributed by atoms with E-state index in [-0.39, 0.29) is 12.5 Å². The van der Waals surface area contributed by atoms with E-state index < -0.39 is 16.1 Å². The number of hydrogen-bond acceptors (Lipinski definition) is 4. The Morgan fingerprint density at radius 2 is 1.80 bits per heavy atom. The summed E-state index contributed by atoms with van der Waals surface area (Å²) in [4.78, 5) is 15.0. The third-order valence-electron chi connectivity index (χ3n) is 5.95. The van der Waals surface area contributed by atoms with Gasteiger partial charge in [-0.05, 0) is 55.4 Å². The fourth-order valence-electron chi connectivity index (χ4n) is 4.31. The molecule has 0 saturated carbocycles. The second-order valence-electron chi connectivity index (χ2n) is 8.33. The maximum atomic E-state index is 13.1. The van der Waals surface area contributed by atoms with Crippen LogP contribution in [-0.2, 0) is 21.2 Å². The number of hydrogen-bond donors (Lipinski definition) is 0. The maximum absolute atomic E-state index is 13.1. The number of ether oxygens (including phenoxy) is 1. The van der Waals surface area contributed by atoms with Crippen molar-refractivity contribution in [1.29, 1.82) is 0 Å². The first kappa shape index (κ1) is 20.7. The number of carbonyl (C=O) groups is 1. The fourth-order valence-corrected chi connectivity index (χ4v) is 5.22. The van der Waals surface area contributed by atoms with Gasteiger partial charge in [-0.3, -0.25) is 9.10 Å². The molecular formula is C23H28N2O4S. The van der Waals surface area contributed by atoms with E-state index >= 15 is 0 Å². The Hall–Kier alpha value is -2.54. The summed E-state index contributed by atoms with van der Waals surface area (Å²) in [5.41, 5.74) is 2.77. The number of anilines is 1. The average Bonchev–Trinajstić information content (AvgIpc) is 2.73. The summed E-state index contributed by atoms with van der Waals surface area (Å²) in [7, 11) is -3.51. The highest BCUT2D eigenvalue weighted by Gasteiger charge is 2.38. The molecular weight excluding hydrogens is 400 g/mol. The molecule has 2 aromatic rings. The van der Waals surface area contributed by atoms with E-state index in [1.807, 2.05) is 24.0 Å². The largest absolute Gasteiger partial charge is 0.476 e. The van der Waals surface area contributed by atoms with Gasteiger partial charge in [0.05, 0.1) is 18.5 Å². The zero-order chi connectivity index (χ0) is 21.3. The van der Waals surface area contributed by atoms with Crippen molar-refractivity contribution in [3.63, 3.8) is 0 Å². The van der Waals surface area contributed by atoms with Gasteiger partial charge in [-0.25, -0.2) is 8.42 Å². The highest BCUT2D eigenvalue weighted by Crippen LogP contribution is 2.36. The Balaban J connectivity index is 1.43. The van der Waals surface area contributed by atoms with E-state index in [0.29, 0.717) is 30.4 Å². The van der Waals surface area contributed by atoms with Crippen molar-refractivity contribution in [2.45, 2.75) is 32.3 Å². The molecule has 2 aliphatic heterocycles. The van der Waals surface area contributed by atoms with Crippen LogP contribution in [0.3, 0.4) is 0 Å². The zero-order valence-electron chi connectivity index (χ0n) is 17.5. The van der Waals surface area contributed by atoms with Gasteiger partial charge in [-0.1, -0.05) is 36.4 Å². The van der Waals surface area contributed by atoms with Gasteiger partial charge in [0, 0.05) is 13.1 Å². The van der Waals surface area contributed by atoms with Crippen LogP contribution in [-0.4, -0.2) is 51.2 Å². The van der Waals surface area contributed by atoms with Gasteiger partial charge in [0.25, 0.3) is 5.91 Å². The highest BCUT2D eigenvalue weighted by molar-refractivity contribution is 7.92. The van der Waals surface area contributed by atoms with Crippen molar-refractivity contribution in [1.82, 2.24) is 4.90 Å². The molecule has 4 rings (SSSR count). The molecule has 0 aromatic heterocycles. The topological polar surface area (TPSA) is 66.9 Å². The zero-order valence-corrected chi connectivity index (χ0v) is 18.3. The number of fused-ring (bicyclic) bond motifs is 1. The van der Waals surface area contributed by atoms with Crippen molar-refractivity contribution in [2.24, 2.45) is 5.92 Å². The van der Waals surface area contributed by atoms with Crippen LogP contribution in [0.1, 0.15) is 24.0 Å². The summed E-state index contributed by atoms with van der Waals surface area (Å²) in [6, 6.07) is 15.8. The number of likely N-dealkylation sites (tertiary alicyclic amines) is 1. The minimum absolute atomic E-state index is 0.0120. The third kappa shape index (κ3) is 4.46. The highest BCUT2D eigenvalue weighted by atomic mass is 32.2. The average molecular weight is 429 g/mol. The number of sulfonamides is 1. The maximum Gasteiger partial charge on any atom is 0.265 e. The molecule has 0 spiro atoms. The van der Waals surface area contributed by atoms with Gasteiger partial charge in [0.2, 0.25) is 10.0 Å². The molecule has 2 aliphatic rings. The molecule has 6 nitrogen and oxygen atoms in total. The van der Waals surface area contributed by atoms with E-state index in [9.17, 15) is 13.2 Å². The van der Waals surface area contributed by atoms with Crippen LogP contribution >= 0.6 is 0 Å². The summed E-state index contributed by atoms with van der Waals surface area (Å²) >= 11 is 0. The van der Waals surface area contributed by atoms with Crippen molar-refractivity contribution < 1.29 is 17.9 Å². The summed E-state index contributed by atoms with van der Waals surface area (Å²) in [6.07, 6.45) is 3.26. The molecule has 0 aliphatic carbocycles. The van der Waals surface area contributed by atoms with Crippen LogP contribution in [0, 0.1) is 12.8 Å². The van der Waals surface area contributed by atoms with Gasteiger partial charge in [0.15, 0.2) is 6.10 Å². The van der Waals surface area contributed by atoms with Gasteiger partial charge in [-0.15, -0.1) is 0 Å². The number of aryl methyl sites for hydroxylation is 1. The summed E-state index contributed by atoms with van der Waals surface area (Å²) < 4.78 is 32.0. The molecule has 0 radical (unpaired) electrons. The van der Waals surface area contributed by atoms with E-state index in [0.717, 1.165) is 24.8 Å². The van der Waals surface area contributed by atoms with E-state index in [2.05, 4.69) is 24.3 Å². The standard InChI is InChI=1S/C23H28N2O4S/c1-17-8-9-21-20(14-17)25(30(2,27)28)16-22(29-21)23(26)24-12-10-19(11-13-24)15-18-6-4-3-5-7-18/h3-9,14,19,22H,10-13,15-16H2,1-2H3/t22-/m1/s1. The molecule has 1 saturated heterocycles. The van der Waals surface area contributed by atoms with Crippen molar-refractivity contribution >= 4 is 21.6 Å². The minimum Gasteiger partial charge on any atom is -0.476 e. The molecule has 1 fully saturated rings. The molecule has 1 amide bonds. The monoisotopic (exact) mass is 428 g/mol. The lowest BCUT2D eigenvalue weighted by Gasteiger charge is -2.38. The van der Waals surface area contributed by atoms with Crippen molar-refractivity contribution in [3.8, 4) is 5.75 Å². The molecule has 1 atom stereocenters. The quantitative estimate of drug-likeness (QED) is 0.751. The van der Waals surface area contributed by atoms with Crippen LogP contribution in [0.2, 0.25) is 0 Å². The number of piperidine rings is 1. The Morgan fingerprint density at radius 1 is 1.10 bits per heavy atom. The first-order valence-corrected chi connectivity index (χ1v) is 12.2. The first-order valence-electron chi connectivity index (χ1n) is 10.4. The van der Waals surface area contributed by atoms with Crippen molar-refractivity contribution in [2.75, 3.05) is 30.2 Å². The molecule has 2 aromatic carbocycles. The van der Waals surface area contributed by atoms with Gasteiger partial charge >= 0.3 is 0 Å². The number of carbonyl (C=O) groups excluding carboxylic acids is 1. The molecule has 7 heteroatoms. The van der Waals surface area contributed by atoms with Crippen LogP contribution in [0.25, 0.3) is 0 Å². The van der Waals surface area contributed by atoms with Crippen LogP contribution in [0.4, 0.5) is 5.69 Å². The molecule has 30 heavy (non-hydrogen) atoms. The number of benzene rings is 2. The van der Waals surface area contributed by atoms with Crippen LogP contribution < -0.4 is 9.04 Å². The first-order chi connectivity index (χ1) is 14.3. The Morgan fingerprint density at radius 3 is 2.47 bits per heavy atom. The van der Waals surface area contributed by atoms with E-state index in [4.69, 9.17) is 4.74 Å². The van der Waals surface area contributed by atoms with E-state index in [1.54, 1.807) is 12.1 Å². The molecule has 160 valence electrons. The fraction of sp³-hybridized carbons (Fsp3) is 0.435. The predicted molar refractivity (Wildman–Crippen MR) is 117 cm³/mol. The molecule has 0 unspecified atom stereocenters. The van der Waals surface area contributed by atoms with E-state index in [1.165, 1.54) is 16.1 Å². The van der Waals surface area contributed by atoms with Gasteiger partial charge in [0.1, 0.15) is 5.75 Å². The number of nitrogens with zero attached hydrogens (tertiary/aromatic N) is 2. The second-order valence-corrected chi connectivity index (χ2v) is 10.2. The Labute approximate surface area is 178 Å². The second kappa shape index (κ2) is 8.30. The lowest BCUT2D eigenvalue weighted by Crippen LogP contribution is -2.53. The molecule has 0 N–H and O–H groups in total. The minimum atomic E-state index is -3.51. The Kier molecular flexibility index (Phi) is 5.73. The summed E-state index contributed by atoms with van der Waals surface area (Å²) in [5, 5.41) is 0. The lowest BCUT2D eigenvalue weighted by molar-refractivity contribution is -0.139. The van der Waals surface area contributed by atoms with Gasteiger partial charge < -0.3 is 9.64 Å². The number of amides is 1. The van der Waals surface area contributed by atoms with Gasteiger partial charge in [-0.2, -0.15) is 0 Å². The summed E-state index contributed by atoms with van der Waals surface area (Å²) in [5.74, 6) is 0.863. The van der Waals surface area contributed by atoms with Crippen molar-refractivity contribution in [3.05, 3.63) is 59.7 Å². The van der Waals surface area contributed by atoms with Crippen LogP contribution in [0.5, 0.6) is 5.75 Å². The Bertz CT molecular complexity index is 1010. The summed E-state index contributed by atoms with van der Waals surface area (Å²) in [6.45, 7) is 3.27. The number of rotatable bonds is 4. The lowest BCUT2D eigenvalue weighted by atomic mass is 9.90. The third-order valence-corrected chi connectivity index (χ3v) is 7.10.